The Morgan fingerprint density at radius 1 is 1.00 bits per heavy atom. The van der Waals surface area contributed by atoms with Crippen molar-refractivity contribution in [2.45, 2.75) is 65.2 Å². The fraction of sp³-hybridized carbons (Fsp3) is 0.684. The second kappa shape index (κ2) is 7.83. The molecule has 0 aromatic heterocycles. The smallest absolute Gasteiger partial charge is 0.00147 e. The van der Waals surface area contributed by atoms with Gasteiger partial charge in [0, 0.05) is 0 Å². The first-order valence-electron chi connectivity index (χ1n) is 8.49. The molecule has 2 atom stereocenters. The van der Waals surface area contributed by atoms with Gasteiger partial charge in [-0.1, -0.05) is 55.5 Å². The molecule has 1 aromatic carbocycles. The maximum absolute atomic E-state index is 3.66. The highest BCUT2D eigenvalue weighted by Gasteiger charge is 2.25. The highest BCUT2D eigenvalue weighted by Crippen LogP contribution is 2.37. The molecule has 20 heavy (non-hydrogen) atoms. The van der Waals surface area contributed by atoms with Gasteiger partial charge in [-0.3, -0.25) is 0 Å². The van der Waals surface area contributed by atoms with E-state index >= 15 is 0 Å². The molecule has 1 saturated carbocycles. The second-order valence-corrected chi connectivity index (χ2v) is 6.63. The van der Waals surface area contributed by atoms with Gasteiger partial charge in [0.05, 0.1) is 0 Å². The van der Waals surface area contributed by atoms with Crippen LogP contribution >= 0.6 is 0 Å². The van der Waals surface area contributed by atoms with Crippen LogP contribution < -0.4 is 5.32 Å². The zero-order chi connectivity index (χ0) is 14.4. The fourth-order valence-electron chi connectivity index (χ4n) is 3.76. The van der Waals surface area contributed by atoms with Crippen LogP contribution in [0.15, 0.2) is 18.2 Å². The summed E-state index contributed by atoms with van der Waals surface area (Å²) in [5.74, 6) is 1.59. The lowest BCUT2D eigenvalue weighted by molar-refractivity contribution is 0.375. The summed E-state index contributed by atoms with van der Waals surface area (Å²) in [6, 6.07) is 7.15. The van der Waals surface area contributed by atoms with Crippen molar-refractivity contribution in [1.29, 1.82) is 0 Å². The summed E-state index contributed by atoms with van der Waals surface area (Å²) in [5.41, 5.74) is 4.43. The average molecular weight is 273 g/mol. The molecule has 1 aliphatic rings. The monoisotopic (exact) mass is 273 g/mol. The van der Waals surface area contributed by atoms with E-state index in [2.05, 4.69) is 44.3 Å². The Morgan fingerprint density at radius 2 is 1.70 bits per heavy atom. The lowest BCUT2D eigenvalue weighted by Gasteiger charge is -2.26. The predicted octanol–water partition coefficient (Wildman–Crippen LogP) is 4.97. The quantitative estimate of drug-likeness (QED) is 0.590. The van der Waals surface area contributed by atoms with Gasteiger partial charge in [0.1, 0.15) is 0 Å². The maximum Gasteiger partial charge on any atom is -0.00147 e. The topological polar surface area (TPSA) is 12.0 Å². The van der Waals surface area contributed by atoms with Crippen LogP contribution in [0.3, 0.4) is 0 Å². The Labute approximate surface area is 125 Å². The van der Waals surface area contributed by atoms with E-state index in [4.69, 9.17) is 0 Å². The van der Waals surface area contributed by atoms with Gasteiger partial charge < -0.3 is 5.32 Å². The highest BCUT2D eigenvalue weighted by molar-refractivity contribution is 5.31. The van der Waals surface area contributed by atoms with Crippen molar-refractivity contribution in [3.05, 3.63) is 34.9 Å². The largest absolute Gasteiger partial charge is 0.316 e. The molecule has 1 aliphatic carbocycles. The van der Waals surface area contributed by atoms with Gasteiger partial charge >= 0.3 is 0 Å². The fourth-order valence-corrected chi connectivity index (χ4v) is 3.76. The number of rotatable bonds is 5. The molecule has 0 bridgehead atoms. The molecule has 0 saturated heterocycles. The van der Waals surface area contributed by atoms with Gasteiger partial charge in [-0.15, -0.1) is 0 Å². The minimum absolute atomic E-state index is 0.764. The van der Waals surface area contributed by atoms with Crippen LogP contribution in [-0.2, 0) is 0 Å². The van der Waals surface area contributed by atoms with Crippen LogP contribution in [0.1, 0.15) is 68.1 Å². The first-order valence-corrected chi connectivity index (χ1v) is 8.49. The van der Waals surface area contributed by atoms with Gasteiger partial charge in [-0.05, 0) is 63.6 Å². The van der Waals surface area contributed by atoms with Gasteiger partial charge in [-0.2, -0.15) is 0 Å². The van der Waals surface area contributed by atoms with Crippen molar-refractivity contribution in [1.82, 2.24) is 5.32 Å². The SMILES string of the molecule is CCCNCC1CCCCCC1c1cc(C)cc(C)c1. The van der Waals surface area contributed by atoms with E-state index in [1.165, 1.54) is 56.2 Å². The van der Waals surface area contributed by atoms with Crippen LogP contribution in [0.5, 0.6) is 0 Å². The lowest BCUT2D eigenvalue weighted by atomic mass is 9.81. The van der Waals surface area contributed by atoms with Crippen molar-refractivity contribution in [2.75, 3.05) is 13.1 Å². The van der Waals surface area contributed by atoms with Crippen LogP contribution in [0.2, 0.25) is 0 Å². The van der Waals surface area contributed by atoms with E-state index in [9.17, 15) is 0 Å². The first kappa shape index (κ1) is 15.6. The molecular formula is C19H31N. The van der Waals surface area contributed by atoms with E-state index in [1.54, 1.807) is 5.56 Å². The van der Waals surface area contributed by atoms with Gasteiger partial charge in [-0.25, -0.2) is 0 Å². The molecule has 0 spiro atoms. The Hall–Kier alpha value is -0.820. The molecule has 0 radical (unpaired) electrons. The van der Waals surface area contributed by atoms with Gasteiger partial charge in [0.2, 0.25) is 0 Å². The van der Waals surface area contributed by atoms with Crippen molar-refractivity contribution >= 4 is 0 Å². The van der Waals surface area contributed by atoms with E-state index in [0.29, 0.717) is 0 Å². The molecule has 0 aliphatic heterocycles. The molecule has 1 aromatic rings. The zero-order valence-electron chi connectivity index (χ0n) is 13.5. The van der Waals surface area contributed by atoms with Crippen LogP contribution in [0.25, 0.3) is 0 Å². The summed E-state index contributed by atoms with van der Waals surface area (Å²) in [6.45, 7) is 9.08. The molecule has 1 nitrogen and oxygen atoms in total. The average Bonchev–Trinajstić information content (AvgIpc) is 2.63. The molecule has 112 valence electrons. The second-order valence-electron chi connectivity index (χ2n) is 6.63. The molecule has 2 unspecified atom stereocenters. The molecule has 1 heteroatoms. The summed E-state index contributed by atoms with van der Waals surface area (Å²) in [4.78, 5) is 0. The maximum atomic E-state index is 3.66. The van der Waals surface area contributed by atoms with Crippen molar-refractivity contribution in [2.24, 2.45) is 5.92 Å². The van der Waals surface area contributed by atoms with Gasteiger partial charge in [0.15, 0.2) is 0 Å². The standard InChI is InChI=1S/C19H31N/c1-4-10-20-14-17-8-6-5-7-9-19(17)18-12-15(2)11-16(3)13-18/h11-13,17,19-20H,4-10,14H2,1-3H3. The Morgan fingerprint density at radius 3 is 2.40 bits per heavy atom. The number of benzene rings is 1. The third-order valence-electron chi connectivity index (χ3n) is 4.66. The molecule has 0 amide bonds. The van der Waals surface area contributed by atoms with Crippen LogP contribution in [-0.4, -0.2) is 13.1 Å². The highest BCUT2D eigenvalue weighted by atomic mass is 14.9. The predicted molar refractivity (Wildman–Crippen MR) is 88.4 cm³/mol. The number of nitrogens with one attached hydrogen (secondary N) is 1. The minimum atomic E-state index is 0.764. The van der Waals surface area contributed by atoms with E-state index in [1.807, 2.05) is 0 Å². The van der Waals surface area contributed by atoms with Gasteiger partial charge in [0.25, 0.3) is 0 Å². The summed E-state index contributed by atoms with van der Waals surface area (Å²) in [5, 5.41) is 3.66. The number of hydrogen-bond donors (Lipinski definition) is 1. The summed E-state index contributed by atoms with van der Waals surface area (Å²) >= 11 is 0. The third-order valence-corrected chi connectivity index (χ3v) is 4.66. The Balaban J connectivity index is 2.14. The first-order chi connectivity index (χ1) is 9.70. The third kappa shape index (κ3) is 4.34. The van der Waals surface area contributed by atoms with E-state index in [-0.39, 0.29) is 0 Å². The number of hydrogen-bond acceptors (Lipinski definition) is 1. The molecule has 1 N–H and O–H groups in total. The molecular weight excluding hydrogens is 242 g/mol. The summed E-state index contributed by atoms with van der Waals surface area (Å²) < 4.78 is 0. The van der Waals surface area contributed by atoms with Crippen molar-refractivity contribution in [3.63, 3.8) is 0 Å². The molecule has 0 heterocycles. The zero-order valence-corrected chi connectivity index (χ0v) is 13.5. The van der Waals surface area contributed by atoms with Crippen molar-refractivity contribution < 1.29 is 0 Å². The van der Waals surface area contributed by atoms with E-state index in [0.717, 1.165) is 18.4 Å². The lowest BCUT2D eigenvalue weighted by Crippen LogP contribution is -2.27. The normalized spacial score (nSPS) is 23.6. The summed E-state index contributed by atoms with van der Waals surface area (Å²) in [7, 11) is 0. The van der Waals surface area contributed by atoms with Crippen LogP contribution in [0.4, 0.5) is 0 Å². The Kier molecular flexibility index (Phi) is 6.09. The van der Waals surface area contributed by atoms with E-state index < -0.39 is 0 Å². The minimum Gasteiger partial charge on any atom is -0.316 e. The number of aryl methyl sites for hydroxylation is 2. The molecule has 1 fully saturated rings. The molecule has 2 rings (SSSR count). The summed E-state index contributed by atoms with van der Waals surface area (Å²) in [6.07, 6.45) is 8.25. The Bertz CT molecular complexity index is 390. The van der Waals surface area contributed by atoms with Crippen LogP contribution in [0, 0.1) is 19.8 Å². The van der Waals surface area contributed by atoms with Crippen molar-refractivity contribution in [3.8, 4) is 0 Å².